The second kappa shape index (κ2) is 8.53. The van der Waals surface area contributed by atoms with Crippen molar-refractivity contribution in [2.24, 2.45) is 0 Å². The molecule has 0 spiro atoms. The van der Waals surface area contributed by atoms with E-state index in [0.29, 0.717) is 29.5 Å². The lowest BCUT2D eigenvalue weighted by Crippen LogP contribution is -2.42. The van der Waals surface area contributed by atoms with Gasteiger partial charge in [-0.15, -0.1) is 0 Å². The third-order valence-corrected chi connectivity index (χ3v) is 5.84. The molecule has 1 aromatic heterocycles. The molecule has 0 saturated carbocycles. The van der Waals surface area contributed by atoms with E-state index in [1.807, 2.05) is 45.0 Å². The number of likely N-dealkylation sites (N-methyl/N-ethyl adjacent to an activating group) is 1. The van der Waals surface area contributed by atoms with Gasteiger partial charge >= 0.3 is 0 Å². The number of para-hydroxylation sites is 2. The molecule has 1 aliphatic rings. The summed E-state index contributed by atoms with van der Waals surface area (Å²) in [5.74, 6) is 1.59. The van der Waals surface area contributed by atoms with Gasteiger partial charge in [-0.05, 0) is 44.0 Å². The second-order valence-corrected chi connectivity index (χ2v) is 7.76. The van der Waals surface area contributed by atoms with Crippen molar-refractivity contribution in [3.8, 4) is 17.6 Å². The molecule has 1 atom stereocenters. The number of nitriles is 1. The maximum absolute atomic E-state index is 12.6. The van der Waals surface area contributed by atoms with Gasteiger partial charge in [-0.2, -0.15) is 5.26 Å². The number of rotatable bonds is 5. The number of amides is 1. The Balaban J connectivity index is 1.59. The summed E-state index contributed by atoms with van der Waals surface area (Å²) in [6.45, 7) is 6.62. The molecule has 28 heavy (non-hydrogen) atoms. The zero-order valence-electron chi connectivity index (χ0n) is 16.5. The van der Waals surface area contributed by atoms with E-state index in [0.717, 1.165) is 22.6 Å². The van der Waals surface area contributed by atoms with Crippen LogP contribution in [-0.2, 0) is 4.79 Å². The summed E-state index contributed by atoms with van der Waals surface area (Å²) in [5.41, 5.74) is 3.36. The largest absolute Gasteiger partial charge is 0.486 e. The maximum Gasteiger partial charge on any atom is 0.232 e. The first kappa shape index (κ1) is 20.0. The van der Waals surface area contributed by atoms with Gasteiger partial charge in [0.1, 0.15) is 17.7 Å². The number of benzene rings is 1. The van der Waals surface area contributed by atoms with Crippen LogP contribution >= 0.6 is 11.8 Å². The van der Waals surface area contributed by atoms with Crippen LogP contribution in [0.3, 0.4) is 0 Å². The fraction of sp³-hybridized carbons (Fsp3) is 0.381. The van der Waals surface area contributed by atoms with Gasteiger partial charge in [-0.1, -0.05) is 23.9 Å². The molecule has 0 saturated heterocycles. The topological polar surface area (TPSA) is 75.5 Å². The van der Waals surface area contributed by atoms with Gasteiger partial charge in [0.05, 0.1) is 17.9 Å². The number of aromatic nitrogens is 1. The Hall–Kier alpha value is -2.72. The Morgan fingerprint density at radius 2 is 2.00 bits per heavy atom. The molecule has 0 bridgehead atoms. The highest BCUT2D eigenvalue weighted by Crippen LogP contribution is 2.31. The van der Waals surface area contributed by atoms with Crippen molar-refractivity contribution in [2.75, 3.05) is 26.0 Å². The van der Waals surface area contributed by atoms with Gasteiger partial charge < -0.3 is 14.4 Å². The van der Waals surface area contributed by atoms with Crippen LogP contribution < -0.4 is 9.47 Å². The molecule has 2 aromatic rings. The molecule has 0 N–H and O–H groups in total. The van der Waals surface area contributed by atoms with Crippen LogP contribution in [0.25, 0.3) is 0 Å². The Labute approximate surface area is 169 Å². The van der Waals surface area contributed by atoms with Crippen molar-refractivity contribution in [2.45, 2.75) is 31.9 Å². The van der Waals surface area contributed by atoms with Gasteiger partial charge in [0.2, 0.25) is 5.91 Å². The van der Waals surface area contributed by atoms with Crippen LogP contribution in [0.2, 0.25) is 0 Å². The average molecular weight is 398 g/mol. The summed E-state index contributed by atoms with van der Waals surface area (Å²) in [6, 6.07) is 9.72. The fourth-order valence-corrected chi connectivity index (χ4v) is 3.97. The number of pyridine rings is 1. The lowest BCUT2D eigenvalue weighted by atomic mass is 10.1. The Morgan fingerprint density at radius 3 is 2.71 bits per heavy atom. The van der Waals surface area contributed by atoms with Crippen LogP contribution in [0.1, 0.15) is 22.4 Å². The summed E-state index contributed by atoms with van der Waals surface area (Å²) >= 11 is 1.30. The normalized spacial score (nSPS) is 15.0. The van der Waals surface area contributed by atoms with E-state index in [-0.39, 0.29) is 17.8 Å². The third kappa shape index (κ3) is 4.23. The van der Waals surface area contributed by atoms with Crippen LogP contribution in [0, 0.1) is 32.1 Å². The minimum absolute atomic E-state index is 0.0472. The standard InChI is InChI=1S/C21H23N3O3S/c1-13-14(2)17(9-22)21(23-15(13)3)28-12-20(25)24(4)10-16-11-26-18-7-5-6-8-19(18)27-16/h5-8,16H,10-12H2,1-4H3/t16-/m0/s1. The highest BCUT2D eigenvalue weighted by atomic mass is 32.2. The minimum Gasteiger partial charge on any atom is -0.486 e. The number of aryl methyl sites for hydroxylation is 1. The first-order valence-corrected chi connectivity index (χ1v) is 10.0. The lowest BCUT2D eigenvalue weighted by Gasteiger charge is -2.29. The highest BCUT2D eigenvalue weighted by molar-refractivity contribution is 8.00. The zero-order chi connectivity index (χ0) is 20.3. The third-order valence-electron chi connectivity index (χ3n) is 4.88. The van der Waals surface area contributed by atoms with Crippen molar-refractivity contribution in [3.05, 3.63) is 46.6 Å². The monoisotopic (exact) mass is 397 g/mol. The van der Waals surface area contributed by atoms with E-state index in [2.05, 4.69) is 11.1 Å². The molecule has 2 heterocycles. The summed E-state index contributed by atoms with van der Waals surface area (Å²) in [4.78, 5) is 18.7. The molecular weight excluding hydrogens is 374 g/mol. The number of carbonyl (C=O) groups is 1. The Morgan fingerprint density at radius 1 is 1.29 bits per heavy atom. The quantitative estimate of drug-likeness (QED) is 0.721. The lowest BCUT2D eigenvalue weighted by molar-refractivity contribution is -0.128. The molecule has 7 heteroatoms. The number of hydrogen-bond acceptors (Lipinski definition) is 6. The minimum atomic E-state index is -0.217. The first-order valence-electron chi connectivity index (χ1n) is 9.03. The van der Waals surface area contributed by atoms with Crippen LogP contribution in [0.15, 0.2) is 29.3 Å². The summed E-state index contributed by atoms with van der Waals surface area (Å²) in [6.07, 6.45) is -0.217. The van der Waals surface area contributed by atoms with Gasteiger partial charge in [0.15, 0.2) is 17.6 Å². The Bertz CT molecular complexity index is 939. The molecule has 1 aromatic carbocycles. The molecular formula is C21H23N3O3S. The van der Waals surface area contributed by atoms with Crippen molar-refractivity contribution >= 4 is 17.7 Å². The number of hydrogen-bond donors (Lipinski definition) is 0. The van der Waals surface area contributed by atoms with Crippen molar-refractivity contribution < 1.29 is 14.3 Å². The second-order valence-electron chi connectivity index (χ2n) is 6.80. The van der Waals surface area contributed by atoms with Gasteiger partial charge in [0, 0.05) is 12.7 Å². The molecule has 0 unspecified atom stereocenters. The van der Waals surface area contributed by atoms with Crippen molar-refractivity contribution in [1.29, 1.82) is 5.26 Å². The van der Waals surface area contributed by atoms with E-state index < -0.39 is 0 Å². The number of carbonyl (C=O) groups excluding carboxylic acids is 1. The molecule has 0 fully saturated rings. The summed E-state index contributed by atoms with van der Waals surface area (Å²) in [5, 5.41) is 10.1. The van der Waals surface area contributed by atoms with Gasteiger partial charge in [-0.25, -0.2) is 4.98 Å². The van der Waals surface area contributed by atoms with Crippen molar-refractivity contribution in [3.63, 3.8) is 0 Å². The van der Waals surface area contributed by atoms with Gasteiger partial charge in [-0.3, -0.25) is 4.79 Å². The molecule has 0 radical (unpaired) electrons. The SMILES string of the molecule is Cc1nc(SCC(=O)N(C)C[C@H]2COc3ccccc3O2)c(C#N)c(C)c1C. The van der Waals surface area contributed by atoms with Gasteiger partial charge in [0.25, 0.3) is 0 Å². The first-order chi connectivity index (χ1) is 13.4. The van der Waals surface area contributed by atoms with Crippen LogP contribution in [0.4, 0.5) is 0 Å². The van der Waals surface area contributed by atoms with Crippen LogP contribution in [-0.4, -0.2) is 47.8 Å². The van der Waals surface area contributed by atoms with Crippen molar-refractivity contribution in [1.82, 2.24) is 9.88 Å². The molecule has 1 aliphatic heterocycles. The average Bonchev–Trinajstić information content (AvgIpc) is 2.70. The molecule has 1 amide bonds. The molecule has 3 rings (SSSR count). The molecule has 0 aliphatic carbocycles. The maximum atomic E-state index is 12.6. The zero-order valence-corrected chi connectivity index (χ0v) is 17.3. The highest BCUT2D eigenvalue weighted by Gasteiger charge is 2.24. The smallest absolute Gasteiger partial charge is 0.232 e. The predicted molar refractivity (Wildman–Crippen MR) is 108 cm³/mol. The Kier molecular flexibility index (Phi) is 6.10. The van der Waals surface area contributed by atoms with E-state index in [9.17, 15) is 10.1 Å². The fourth-order valence-electron chi connectivity index (χ4n) is 2.95. The summed E-state index contributed by atoms with van der Waals surface area (Å²) in [7, 11) is 1.75. The number of thioether (sulfide) groups is 1. The predicted octanol–water partition coefficient (Wildman–Crippen LogP) is 3.27. The van der Waals surface area contributed by atoms with E-state index in [1.54, 1.807) is 11.9 Å². The summed E-state index contributed by atoms with van der Waals surface area (Å²) < 4.78 is 11.6. The van der Waals surface area contributed by atoms with E-state index in [4.69, 9.17) is 9.47 Å². The number of ether oxygens (including phenoxy) is 2. The molecule has 146 valence electrons. The molecule has 6 nitrogen and oxygen atoms in total. The van der Waals surface area contributed by atoms with E-state index >= 15 is 0 Å². The number of fused-ring (bicyclic) bond motifs is 1. The van der Waals surface area contributed by atoms with E-state index in [1.165, 1.54) is 11.8 Å². The number of nitrogens with zero attached hydrogens (tertiary/aromatic N) is 3. The van der Waals surface area contributed by atoms with Crippen LogP contribution in [0.5, 0.6) is 11.5 Å².